The van der Waals surface area contributed by atoms with Crippen molar-refractivity contribution in [2.24, 2.45) is 5.73 Å². The van der Waals surface area contributed by atoms with E-state index in [4.69, 9.17) is 5.73 Å². The zero-order chi connectivity index (χ0) is 14.4. The number of nitrogens with zero attached hydrogens (tertiary/aromatic N) is 1. The quantitative estimate of drug-likeness (QED) is 0.610. The lowest BCUT2D eigenvalue weighted by atomic mass is 10.1. The molecule has 1 aromatic carbocycles. The van der Waals surface area contributed by atoms with Gasteiger partial charge in [-0.25, -0.2) is 0 Å². The SMILES string of the molecule is CCCCC(N)C(=O)Nc1ccc([N+](=O)[O-])c(F)c1. The predicted molar refractivity (Wildman–Crippen MR) is 69.2 cm³/mol. The lowest BCUT2D eigenvalue weighted by molar-refractivity contribution is -0.387. The summed E-state index contributed by atoms with van der Waals surface area (Å²) in [5.41, 5.74) is 5.17. The van der Waals surface area contributed by atoms with Gasteiger partial charge in [-0.3, -0.25) is 14.9 Å². The van der Waals surface area contributed by atoms with Gasteiger partial charge >= 0.3 is 5.69 Å². The molecule has 0 aliphatic rings. The minimum Gasteiger partial charge on any atom is -0.325 e. The Labute approximate surface area is 109 Å². The lowest BCUT2D eigenvalue weighted by Crippen LogP contribution is -2.35. The van der Waals surface area contributed by atoms with Crippen LogP contribution in [-0.4, -0.2) is 16.9 Å². The Bertz CT molecular complexity index is 479. The number of rotatable bonds is 6. The van der Waals surface area contributed by atoms with Crippen molar-refractivity contribution in [2.75, 3.05) is 5.32 Å². The third-order valence-electron chi connectivity index (χ3n) is 2.62. The summed E-state index contributed by atoms with van der Waals surface area (Å²) >= 11 is 0. The second-order valence-corrected chi connectivity index (χ2v) is 4.16. The van der Waals surface area contributed by atoms with Crippen molar-refractivity contribution in [1.29, 1.82) is 0 Å². The molecule has 1 amide bonds. The van der Waals surface area contributed by atoms with Crippen LogP contribution in [0.5, 0.6) is 0 Å². The molecule has 0 aliphatic carbocycles. The Kier molecular flexibility index (Phi) is 5.37. The fourth-order valence-corrected chi connectivity index (χ4v) is 1.52. The minimum absolute atomic E-state index is 0.153. The third kappa shape index (κ3) is 4.29. The van der Waals surface area contributed by atoms with Gasteiger partial charge in [0.15, 0.2) is 0 Å². The first-order valence-corrected chi connectivity index (χ1v) is 5.96. The fourth-order valence-electron chi connectivity index (χ4n) is 1.52. The van der Waals surface area contributed by atoms with Crippen molar-refractivity contribution < 1.29 is 14.1 Å². The maximum Gasteiger partial charge on any atom is 0.304 e. The summed E-state index contributed by atoms with van der Waals surface area (Å²) < 4.78 is 13.3. The van der Waals surface area contributed by atoms with E-state index >= 15 is 0 Å². The standard InChI is InChI=1S/C12H16FN3O3/c1-2-3-4-10(14)12(17)15-8-5-6-11(16(18)19)9(13)7-8/h5-7,10H,2-4,14H2,1H3,(H,15,17). The topological polar surface area (TPSA) is 98.3 Å². The number of anilines is 1. The average Bonchev–Trinajstić information content (AvgIpc) is 2.35. The third-order valence-corrected chi connectivity index (χ3v) is 2.62. The van der Waals surface area contributed by atoms with Crippen LogP contribution < -0.4 is 11.1 Å². The molecule has 0 aliphatic heterocycles. The largest absolute Gasteiger partial charge is 0.325 e. The molecule has 0 saturated carbocycles. The number of unbranched alkanes of at least 4 members (excludes halogenated alkanes) is 1. The molecule has 0 spiro atoms. The minimum atomic E-state index is -0.995. The van der Waals surface area contributed by atoms with Crippen molar-refractivity contribution >= 4 is 17.3 Å². The lowest BCUT2D eigenvalue weighted by Gasteiger charge is -2.11. The Morgan fingerprint density at radius 1 is 1.58 bits per heavy atom. The molecule has 7 heteroatoms. The number of nitrogens with two attached hydrogens (primary N) is 1. The summed E-state index contributed by atoms with van der Waals surface area (Å²) in [5, 5.41) is 12.9. The highest BCUT2D eigenvalue weighted by Gasteiger charge is 2.17. The second kappa shape index (κ2) is 6.79. The van der Waals surface area contributed by atoms with Gasteiger partial charge in [0.05, 0.1) is 11.0 Å². The van der Waals surface area contributed by atoms with Crippen LogP contribution in [0.2, 0.25) is 0 Å². The van der Waals surface area contributed by atoms with E-state index in [1.54, 1.807) is 0 Å². The first kappa shape index (κ1) is 15.0. The van der Waals surface area contributed by atoms with Gasteiger partial charge in [-0.1, -0.05) is 19.8 Å². The van der Waals surface area contributed by atoms with Crippen molar-refractivity contribution in [3.05, 3.63) is 34.1 Å². The molecule has 0 heterocycles. The van der Waals surface area contributed by atoms with Gasteiger partial charge in [0.1, 0.15) is 0 Å². The first-order valence-electron chi connectivity index (χ1n) is 5.96. The summed E-state index contributed by atoms with van der Waals surface area (Å²) in [4.78, 5) is 21.3. The second-order valence-electron chi connectivity index (χ2n) is 4.16. The van der Waals surface area contributed by atoms with Gasteiger partial charge in [-0.15, -0.1) is 0 Å². The van der Waals surface area contributed by atoms with E-state index in [9.17, 15) is 19.3 Å². The van der Waals surface area contributed by atoms with E-state index in [-0.39, 0.29) is 5.69 Å². The number of hydrogen-bond acceptors (Lipinski definition) is 4. The van der Waals surface area contributed by atoms with Gasteiger partial charge in [0.25, 0.3) is 0 Å². The Morgan fingerprint density at radius 2 is 2.26 bits per heavy atom. The number of halogens is 1. The summed E-state index contributed by atoms with van der Waals surface area (Å²) in [6, 6.07) is 2.51. The monoisotopic (exact) mass is 269 g/mol. The van der Waals surface area contributed by atoms with E-state index in [2.05, 4.69) is 5.32 Å². The van der Waals surface area contributed by atoms with Crippen LogP contribution in [0, 0.1) is 15.9 Å². The Hall–Kier alpha value is -2.02. The molecule has 19 heavy (non-hydrogen) atoms. The van der Waals surface area contributed by atoms with E-state index in [0.29, 0.717) is 6.42 Å². The first-order chi connectivity index (χ1) is 8.95. The van der Waals surface area contributed by atoms with E-state index in [1.165, 1.54) is 6.07 Å². The van der Waals surface area contributed by atoms with Crippen LogP contribution in [0.15, 0.2) is 18.2 Å². The van der Waals surface area contributed by atoms with E-state index in [1.807, 2.05) is 6.92 Å². The van der Waals surface area contributed by atoms with Crippen LogP contribution in [0.4, 0.5) is 15.8 Å². The molecular formula is C12H16FN3O3. The summed E-state index contributed by atoms with van der Waals surface area (Å²) in [7, 11) is 0. The average molecular weight is 269 g/mol. The molecule has 0 saturated heterocycles. The number of amides is 1. The summed E-state index contributed by atoms with van der Waals surface area (Å²) in [6.45, 7) is 1.98. The Balaban J connectivity index is 2.70. The van der Waals surface area contributed by atoms with Crippen LogP contribution in [0.1, 0.15) is 26.2 Å². The fraction of sp³-hybridized carbons (Fsp3) is 0.417. The molecule has 104 valence electrons. The molecular weight excluding hydrogens is 253 g/mol. The number of nitro benzene ring substituents is 1. The van der Waals surface area contributed by atoms with Gasteiger partial charge < -0.3 is 11.1 Å². The van der Waals surface area contributed by atoms with Gasteiger partial charge in [0.2, 0.25) is 11.7 Å². The summed E-state index contributed by atoms with van der Waals surface area (Å²) in [5.74, 6) is -1.42. The van der Waals surface area contributed by atoms with Crippen LogP contribution >= 0.6 is 0 Å². The van der Waals surface area contributed by atoms with Crippen molar-refractivity contribution in [2.45, 2.75) is 32.2 Å². The van der Waals surface area contributed by atoms with Crippen LogP contribution in [0.3, 0.4) is 0 Å². The highest BCUT2D eigenvalue weighted by atomic mass is 19.1. The number of carbonyl (C=O) groups excluding carboxylic acids is 1. The van der Waals surface area contributed by atoms with Crippen molar-refractivity contribution in [3.63, 3.8) is 0 Å². The van der Waals surface area contributed by atoms with Gasteiger partial charge in [-0.2, -0.15) is 4.39 Å². The Morgan fingerprint density at radius 3 is 2.79 bits per heavy atom. The maximum absolute atomic E-state index is 13.3. The smallest absolute Gasteiger partial charge is 0.304 e. The maximum atomic E-state index is 13.3. The number of benzene rings is 1. The predicted octanol–water partition coefficient (Wildman–Crippen LogP) is 2.19. The molecule has 6 nitrogen and oxygen atoms in total. The molecule has 1 aromatic rings. The molecule has 1 unspecified atom stereocenters. The molecule has 1 rings (SSSR count). The van der Waals surface area contributed by atoms with Gasteiger partial charge in [-0.05, 0) is 12.5 Å². The van der Waals surface area contributed by atoms with Crippen molar-refractivity contribution in [3.8, 4) is 0 Å². The number of nitro groups is 1. The highest BCUT2D eigenvalue weighted by Crippen LogP contribution is 2.20. The molecule has 0 bridgehead atoms. The van der Waals surface area contributed by atoms with Crippen LogP contribution in [0.25, 0.3) is 0 Å². The number of hydrogen-bond donors (Lipinski definition) is 2. The normalized spacial score (nSPS) is 11.9. The molecule has 0 radical (unpaired) electrons. The summed E-state index contributed by atoms with van der Waals surface area (Å²) in [6.07, 6.45) is 2.29. The van der Waals surface area contributed by atoms with Crippen LogP contribution in [-0.2, 0) is 4.79 Å². The van der Waals surface area contributed by atoms with Gasteiger partial charge in [0, 0.05) is 17.8 Å². The number of nitrogens with one attached hydrogen (secondary N) is 1. The highest BCUT2D eigenvalue weighted by molar-refractivity contribution is 5.94. The van der Waals surface area contributed by atoms with E-state index in [0.717, 1.165) is 25.0 Å². The zero-order valence-electron chi connectivity index (χ0n) is 10.6. The number of carbonyl (C=O) groups is 1. The molecule has 0 aromatic heterocycles. The molecule has 0 fully saturated rings. The van der Waals surface area contributed by atoms with E-state index < -0.39 is 28.4 Å². The molecule has 3 N–H and O–H groups in total. The zero-order valence-corrected chi connectivity index (χ0v) is 10.6. The van der Waals surface area contributed by atoms with Crippen molar-refractivity contribution in [1.82, 2.24) is 0 Å². The molecule has 1 atom stereocenters.